The van der Waals surface area contributed by atoms with E-state index in [-0.39, 0.29) is 41.5 Å². The monoisotopic (exact) mass is 368 g/mol. The second-order valence-electron chi connectivity index (χ2n) is 6.92. The van der Waals surface area contributed by atoms with Crippen molar-refractivity contribution in [3.8, 4) is 0 Å². The number of aliphatic hydroxyl groups is 1. The molecule has 7 heteroatoms. The Balaban J connectivity index is 2.02. The molecule has 1 aliphatic rings. The molecule has 0 bridgehead atoms. The molecule has 0 spiro atoms. The van der Waals surface area contributed by atoms with Crippen LogP contribution in [0, 0.1) is 5.92 Å². The average molecular weight is 368 g/mol. The molecule has 1 heterocycles. The maximum Gasteiger partial charge on any atom is 0.223 e. The Morgan fingerprint density at radius 1 is 1.20 bits per heavy atom. The predicted octanol–water partition coefficient (Wildman–Crippen LogP) is 1.01. The molecule has 140 valence electrons. The van der Waals surface area contributed by atoms with E-state index >= 15 is 0 Å². The van der Waals surface area contributed by atoms with Gasteiger partial charge >= 0.3 is 0 Å². The van der Waals surface area contributed by atoms with Crippen LogP contribution in [0.3, 0.4) is 0 Å². The van der Waals surface area contributed by atoms with Crippen LogP contribution in [0.15, 0.2) is 35.2 Å². The van der Waals surface area contributed by atoms with Gasteiger partial charge in [0.25, 0.3) is 0 Å². The third-order valence-corrected chi connectivity index (χ3v) is 6.58. The Kier molecular flexibility index (Phi) is 6.98. The van der Waals surface area contributed by atoms with Gasteiger partial charge in [0, 0.05) is 32.2 Å². The van der Waals surface area contributed by atoms with Crippen molar-refractivity contribution >= 4 is 15.7 Å². The summed E-state index contributed by atoms with van der Waals surface area (Å²) in [5, 5.41) is 9.50. The molecule has 1 aliphatic heterocycles. The highest BCUT2D eigenvalue weighted by atomic mass is 32.2. The van der Waals surface area contributed by atoms with Crippen LogP contribution in [-0.2, 0) is 14.6 Å². The molecular formula is C18H28N2O4S. The molecule has 2 atom stereocenters. The molecule has 0 aliphatic carbocycles. The normalized spacial score (nSPS) is 22.0. The topological polar surface area (TPSA) is 77.9 Å². The van der Waals surface area contributed by atoms with Gasteiger partial charge in [0.05, 0.1) is 10.6 Å². The van der Waals surface area contributed by atoms with Gasteiger partial charge in [0.2, 0.25) is 5.91 Å². The zero-order valence-corrected chi connectivity index (χ0v) is 15.8. The number of carbonyl (C=O) groups is 1. The molecule has 0 aromatic heterocycles. The number of likely N-dealkylation sites (N-methyl/N-ethyl adjacent to an activating group) is 1. The highest BCUT2D eigenvalue weighted by Gasteiger charge is 2.28. The van der Waals surface area contributed by atoms with E-state index in [0.29, 0.717) is 13.1 Å². The first-order chi connectivity index (χ1) is 11.8. The highest BCUT2D eigenvalue weighted by Crippen LogP contribution is 2.20. The van der Waals surface area contributed by atoms with E-state index in [1.807, 2.05) is 14.1 Å². The van der Waals surface area contributed by atoms with E-state index in [4.69, 9.17) is 0 Å². The molecule has 1 amide bonds. The largest absolute Gasteiger partial charge is 0.396 e. The maximum absolute atomic E-state index is 12.6. The van der Waals surface area contributed by atoms with Gasteiger partial charge in [-0.1, -0.05) is 18.2 Å². The molecule has 1 saturated heterocycles. The Labute approximate surface area is 150 Å². The smallest absolute Gasteiger partial charge is 0.223 e. The molecule has 1 aromatic carbocycles. The standard InChI is InChI=1S/C18H28N2O4S/c1-19(2)16-9-8-15(14-21)12-20(13-16)18(22)10-11-25(23,24)17-6-4-3-5-7-17/h3-7,15-16,21H,8-14H2,1-2H3/t15-,16+/m0/s1. The number of hydrogen-bond acceptors (Lipinski definition) is 5. The van der Waals surface area contributed by atoms with Crippen molar-refractivity contribution in [3.05, 3.63) is 30.3 Å². The van der Waals surface area contributed by atoms with Gasteiger partial charge in [0.15, 0.2) is 9.84 Å². The third-order valence-electron chi connectivity index (χ3n) is 4.85. The van der Waals surface area contributed by atoms with Crippen LogP contribution in [0.5, 0.6) is 0 Å². The predicted molar refractivity (Wildman–Crippen MR) is 97.0 cm³/mol. The fourth-order valence-corrected chi connectivity index (χ4v) is 4.40. The lowest BCUT2D eigenvalue weighted by atomic mass is 10.0. The van der Waals surface area contributed by atoms with Gasteiger partial charge < -0.3 is 14.9 Å². The third kappa shape index (κ3) is 5.52. The Bertz CT molecular complexity index is 661. The average Bonchev–Trinajstić information content (AvgIpc) is 2.83. The van der Waals surface area contributed by atoms with Crippen LogP contribution in [0.1, 0.15) is 19.3 Å². The summed E-state index contributed by atoms with van der Waals surface area (Å²) in [6.45, 7) is 1.12. The van der Waals surface area contributed by atoms with Crippen molar-refractivity contribution in [2.75, 3.05) is 39.5 Å². The summed E-state index contributed by atoms with van der Waals surface area (Å²) in [6, 6.07) is 8.45. The molecule has 6 nitrogen and oxygen atoms in total. The Hall–Kier alpha value is -1.44. The number of aliphatic hydroxyl groups excluding tert-OH is 1. The van der Waals surface area contributed by atoms with Crippen molar-refractivity contribution in [2.24, 2.45) is 5.92 Å². The van der Waals surface area contributed by atoms with Gasteiger partial charge in [-0.2, -0.15) is 0 Å². The van der Waals surface area contributed by atoms with Gasteiger partial charge in [0.1, 0.15) is 0 Å². The van der Waals surface area contributed by atoms with Gasteiger partial charge in [-0.15, -0.1) is 0 Å². The number of sulfone groups is 1. The summed E-state index contributed by atoms with van der Waals surface area (Å²) < 4.78 is 24.7. The first-order valence-electron chi connectivity index (χ1n) is 8.66. The lowest BCUT2D eigenvalue weighted by Crippen LogP contribution is -2.43. The van der Waals surface area contributed by atoms with Crippen molar-refractivity contribution in [1.82, 2.24) is 9.80 Å². The van der Waals surface area contributed by atoms with Crippen LogP contribution < -0.4 is 0 Å². The van der Waals surface area contributed by atoms with Gasteiger partial charge in [-0.25, -0.2) is 8.42 Å². The molecule has 1 aromatic rings. The fraction of sp³-hybridized carbons (Fsp3) is 0.611. The van der Waals surface area contributed by atoms with Crippen LogP contribution in [0.2, 0.25) is 0 Å². The maximum atomic E-state index is 12.6. The molecule has 25 heavy (non-hydrogen) atoms. The second-order valence-corrected chi connectivity index (χ2v) is 9.03. The van der Waals surface area contributed by atoms with Crippen molar-refractivity contribution < 1.29 is 18.3 Å². The van der Waals surface area contributed by atoms with E-state index in [1.54, 1.807) is 35.2 Å². The van der Waals surface area contributed by atoms with Crippen LogP contribution in [0.25, 0.3) is 0 Å². The summed E-state index contributed by atoms with van der Waals surface area (Å²) in [6.07, 6.45) is 1.76. The lowest BCUT2D eigenvalue weighted by molar-refractivity contribution is -0.131. The molecule has 1 N–H and O–H groups in total. The van der Waals surface area contributed by atoms with E-state index in [1.165, 1.54) is 0 Å². The van der Waals surface area contributed by atoms with Crippen molar-refractivity contribution in [1.29, 1.82) is 0 Å². The Morgan fingerprint density at radius 2 is 1.88 bits per heavy atom. The molecule has 0 radical (unpaired) electrons. The molecule has 2 rings (SSSR count). The van der Waals surface area contributed by atoms with Crippen LogP contribution >= 0.6 is 0 Å². The molecular weight excluding hydrogens is 340 g/mol. The quantitative estimate of drug-likeness (QED) is 0.811. The second kappa shape index (κ2) is 8.78. The number of rotatable bonds is 6. The number of amides is 1. The first-order valence-corrected chi connectivity index (χ1v) is 10.3. The number of hydrogen-bond donors (Lipinski definition) is 1. The van der Waals surface area contributed by atoms with Gasteiger partial charge in [-0.05, 0) is 45.0 Å². The minimum Gasteiger partial charge on any atom is -0.396 e. The highest BCUT2D eigenvalue weighted by molar-refractivity contribution is 7.91. The summed E-state index contributed by atoms with van der Waals surface area (Å²) in [5.41, 5.74) is 0. The number of benzene rings is 1. The van der Waals surface area contributed by atoms with Crippen molar-refractivity contribution in [2.45, 2.75) is 30.2 Å². The van der Waals surface area contributed by atoms with E-state index in [9.17, 15) is 18.3 Å². The SMILES string of the molecule is CN(C)[C@@H]1CC[C@H](CO)CN(C(=O)CCS(=O)(=O)c2ccccc2)C1. The van der Waals surface area contributed by atoms with Gasteiger partial charge in [-0.3, -0.25) is 4.79 Å². The molecule has 1 fully saturated rings. The zero-order chi connectivity index (χ0) is 18.4. The Morgan fingerprint density at radius 3 is 2.48 bits per heavy atom. The minimum atomic E-state index is -3.46. The zero-order valence-electron chi connectivity index (χ0n) is 15.0. The number of nitrogens with zero attached hydrogens (tertiary/aromatic N) is 2. The summed E-state index contributed by atoms with van der Waals surface area (Å²) in [7, 11) is 0.498. The molecule has 0 saturated carbocycles. The lowest BCUT2D eigenvalue weighted by Gasteiger charge is -2.29. The van der Waals surface area contributed by atoms with Crippen molar-refractivity contribution in [3.63, 3.8) is 0 Å². The van der Waals surface area contributed by atoms with E-state index in [0.717, 1.165) is 12.8 Å². The van der Waals surface area contributed by atoms with E-state index in [2.05, 4.69) is 4.90 Å². The van der Waals surface area contributed by atoms with Crippen LogP contribution in [-0.4, -0.2) is 74.8 Å². The summed E-state index contributed by atoms with van der Waals surface area (Å²) in [4.78, 5) is 16.7. The minimum absolute atomic E-state index is 0.0322. The van der Waals surface area contributed by atoms with Crippen LogP contribution in [0.4, 0.5) is 0 Å². The number of carbonyl (C=O) groups excluding carboxylic acids is 1. The molecule has 0 unspecified atom stereocenters. The fourth-order valence-electron chi connectivity index (χ4n) is 3.15. The number of likely N-dealkylation sites (tertiary alicyclic amines) is 1. The summed E-state index contributed by atoms with van der Waals surface area (Å²) >= 11 is 0. The summed E-state index contributed by atoms with van der Waals surface area (Å²) in [5.74, 6) is -0.297. The first kappa shape index (κ1) is 19.9. The van der Waals surface area contributed by atoms with E-state index < -0.39 is 9.84 Å².